The van der Waals surface area contributed by atoms with Crippen LogP contribution < -0.4 is 16.6 Å². The number of aromatic nitrogens is 4. The minimum atomic E-state index is 0.370. The van der Waals surface area contributed by atoms with Crippen LogP contribution in [-0.2, 0) is 0 Å². The summed E-state index contributed by atoms with van der Waals surface area (Å²) in [6.07, 6.45) is 4.34. The molecule has 0 spiro atoms. The Bertz CT molecular complexity index is 561. The zero-order valence-electron chi connectivity index (χ0n) is 10.8. The Hall–Kier alpha value is -1.93. The Morgan fingerprint density at radius 3 is 3.05 bits per heavy atom. The quantitative estimate of drug-likeness (QED) is 0.433. The topological polar surface area (TPSA) is 108 Å². The number of likely N-dealkylation sites (N-methyl/N-ethyl adjacent to an activating group) is 1. The van der Waals surface area contributed by atoms with Gasteiger partial charge in [0, 0.05) is 19.1 Å². The Morgan fingerprint density at radius 1 is 1.47 bits per heavy atom. The summed E-state index contributed by atoms with van der Waals surface area (Å²) in [5, 5.41) is 11.0. The maximum atomic E-state index is 5.36. The second kappa shape index (κ2) is 4.98. The minimum Gasteiger partial charge on any atom is -0.368 e. The van der Waals surface area contributed by atoms with Gasteiger partial charge in [0.1, 0.15) is 5.82 Å². The molecule has 2 aromatic rings. The number of fused-ring (bicyclic) bond motifs is 1. The van der Waals surface area contributed by atoms with E-state index in [-0.39, 0.29) is 0 Å². The van der Waals surface area contributed by atoms with Crippen molar-refractivity contribution in [3.8, 4) is 0 Å². The summed E-state index contributed by atoms with van der Waals surface area (Å²) in [6.45, 7) is 1.81. The molecule has 1 aliphatic rings. The molecular formula is C11H18N8. The van der Waals surface area contributed by atoms with Crippen LogP contribution in [0.25, 0.3) is 11.0 Å². The summed E-state index contributed by atoms with van der Waals surface area (Å²) in [7, 11) is 2.15. The van der Waals surface area contributed by atoms with Crippen LogP contribution in [0.5, 0.6) is 0 Å². The number of aromatic amines is 1. The van der Waals surface area contributed by atoms with Crippen LogP contribution >= 0.6 is 0 Å². The van der Waals surface area contributed by atoms with Crippen molar-refractivity contribution >= 4 is 22.8 Å². The molecule has 1 fully saturated rings. The Morgan fingerprint density at radius 2 is 2.32 bits per heavy atom. The highest BCUT2D eigenvalue weighted by Crippen LogP contribution is 2.25. The molecule has 0 aromatic carbocycles. The lowest BCUT2D eigenvalue weighted by atomic mass is 10.4. The van der Waals surface area contributed by atoms with Crippen molar-refractivity contribution in [1.82, 2.24) is 25.1 Å². The van der Waals surface area contributed by atoms with Crippen LogP contribution in [0.2, 0.25) is 0 Å². The SMILES string of the molecule is CN(CCNc1nc(NN)nc2[nH]ncc12)C1CC1. The number of nitrogens with two attached hydrogens (primary N) is 1. The van der Waals surface area contributed by atoms with Gasteiger partial charge in [0.05, 0.1) is 11.6 Å². The lowest BCUT2D eigenvalue weighted by Crippen LogP contribution is -2.27. The van der Waals surface area contributed by atoms with Crippen LogP contribution in [0.4, 0.5) is 11.8 Å². The van der Waals surface area contributed by atoms with Crippen molar-refractivity contribution in [2.75, 3.05) is 30.9 Å². The number of nitrogens with one attached hydrogen (secondary N) is 3. The van der Waals surface area contributed by atoms with Gasteiger partial charge in [-0.3, -0.25) is 10.5 Å². The van der Waals surface area contributed by atoms with Gasteiger partial charge in [-0.15, -0.1) is 0 Å². The molecule has 2 heterocycles. The molecule has 0 unspecified atom stereocenters. The largest absolute Gasteiger partial charge is 0.368 e. The maximum absolute atomic E-state index is 5.36. The average Bonchev–Trinajstić information content (AvgIpc) is 3.16. The van der Waals surface area contributed by atoms with Gasteiger partial charge in [-0.1, -0.05) is 0 Å². The van der Waals surface area contributed by atoms with E-state index in [2.05, 4.69) is 42.9 Å². The summed E-state index contributed by atoms with van der Waals surface area (Å²) in [6, 6.07) is 0.766. The summed E-state index contributed by atoms with van der Waals surface area (Å²) < 4.78 is 0. The Kier molecular flexibility index (Phi) is 3.18. The van der Waals surface area contributed by atoms with Crippen LogP contribution in [0.3, 0.4) is 0 Å². The molecule has 0 atom stereocenters. The first kappa shape index (κ1) is 12.1. The third-order valence-electron chi connectivity index (χ3n) is 3.37. The standard InChI is InChI=1S/C11H18N8/c1-19(7-2-3-7)5-4-13-9-8-6-14-18-10(8)16-11(15-9)17-12/h6-7H,2-5,12H2,1H3,(H3,13,14,15,16,17,18). The highest BCUT2D eigenvalue weighted by Gasteiger charge is 2.25. The van der Waals surface area contributed by atoms with Crippen molar-refractivity contribution in [3.05, 3.63) is 6.20 Å². The fourth-order valence-electron chi connectivity index (χ4n) is 2.08. The highest BCUT2D eigenvalue weighted by molar-refractivity contribution is 5.86. The first-order valence-electron chi connectivity index (χ1n) is 6.40. The van der Waals surface area contributed by atoms with Crippen molar-refractivity contribution in [2.24, 2.45) is 5.84 Å². The fourth-order valence-corrected chi connectivity index (χ4v) is 2.08. The molecule has 1 saturated carbocycles. The number of nitrogen functional groups attached to an aromatic ring is 1. The second-order valence-corrected chi connectivity index (χ2v) is 4.81. The molecule has 0 radical (unpaired) electrons. The number of hydrazine groups is 1. The van der Waals surface area contributed by atoms with Gasteiger partial charge in [0.2, 0.25) is 5.95 Å². The molecule has 0 saturated heterocycles. The molecule has 8 nitrogen and oxygen atoms in total. The van der Waals surface area contributed by atoms with Gasteiger partial charge < -0.3 is 10.2 Å². The number of anilines is 2. The van der Waals surface area contributed by atoms with Gasteiger partial charge >= 0.3 is 0 Å². The fraction of sp³-hybridized carbons (Fsp3) is 0.545. The molecule has 1 aliphatic carbocycles. The Labute approximate surface area is 110 Å². The minimum absolute atomic E-state index is 0.370. The van der Waals surface area contributed by atoms with Crippen molar-refractivity contribution in [2.45, 2.75) is 18.9 Å². The second-order valence-electron chi connectivity index (χ2n) is 4.81. The summed E-state index contributed by atoms with van der Waals surface area (Å²) in [5.41, 5.74) is 3.12. The Balaban J connectivity index is 1.70. The van der Waals surface area contributed by atoms with E-state index < -0.39 is 0 Å². The zero-order valence-corrected chi connectivity index (χ0v) is 10.8. The molecule has 2 aromatic heterocycles. The van der Waals surface area contributed by atoms with Gasteiger partial charge in [-0.25, -0.2) is 5.84 Å². The van der Waals surface area contributed by atoms with Crippen LogP contribution in [0.1, 0.15) is 12.8 Å². The number of nitrogens with zero attached hydrogens (tertiary/aromatic N) is 4. The van der Waals surface area contributed by atoms with E-state index in [1.165, 1.54) is 12.8 Å². The lowest BCUT2D eigenvalue weighted by Gasteiger charge is -2.16. The van der Waals surface area contributed by atoms with Crippen LogP contribution in [-0.4, -0.2) is 51.2 Å². The third kappa shape index (κ3) is 2.59. The molecule has 19 heavy (non-hydrogen) atoms. The van der Waals surface area contributed by atoms with E-state index in [9.17, 15) is 0 Å². The smallest absolute Gasteiger partial charge is 0.241 e. The zero-order chi connectivity index (χ0) is 13.2. The average molecular weight is 262 g/mol. The number of hydrogen-bond acceptors (Lipinski definition) is 7. The molecular weight excluding hydrogens is 244 g/mol. The molecule has 8 heteroatoms. The maximum Gasteiger partial charge on any atom is 0.241 e. The van der Waals surface area contributed by atoms with E-state index in [0.717, 1.165) is 30.3 Å². The van der Waals surface area contributed by atoms with Gasteiger partial charge in [0.15, 0.2) is 5.65 Å². The summed E-state index contributed by atoms with van der Waals surface area (Å²) >= 11 is 0. The number of hydrogen-bond donors (Lipinski definition) is 4. The lowest BCUT2D eigenvalue weighted by molar-refractivity contribution is 0.337. The first-order chi connectivity index (χ1) is 9.28. The van der Waals surface area contributed by atoms with Gasteiger partial charge in [0.25, 0.3) is 0 Å². The van der Waals surface area contributed by atoms with E-state index in [1.807, 2.05) is 0 Å². The molecule has 0 aliphatic heterocycles. The van der Waals surface area contributed by atoms with Crippen molar-refractivity contribution < 1.29 is 0 Å². The van der Waals surface area contributed by atoms with Crippen LogP contribution in [0, 0.1) is 0 Å². The van der Waals surface area contributed by atoms with Gasteiger partial charge in [-0.05, 0) is 19.9 Å². The van der Waals surface area contributed by atoms with E-state index in [1.54, 1.807) is 6.20 Å². The number of H-pyrrole nitrogens is 1. The van der Waals surface area contributed by atoms with E-state index >= 15 is 0 Å². The monoisotopic (exact) mass is 262 g/mol. The predicted molar refractivity (Wildman–Crippen MR) is 73.6 cm³/mol. The molecule has 102 valence electrons. The molecule has 3 rings (SSSR count). The van der Waals surface area contributed by atoms with Gasteiger partial charge in [-0.2, -0.15) is 15.1 Å². The van der Waals surface area contributed by atoms with Crippen molar-refractivity contribution in [3.63, 3.8) is 0 Å². The van der Waals surface area contributed by atoms with E-state index in [0.29, 0.717) is 11.6 Å². The van der Waals surface area contributed by atoms with E-state index in [4.69, 9.17) is 5.84 Å². The molecule has 0 amide bonds. The molecule has 5 N–H and O–H groups in total. The predicted octanol–water partition coefficient (Wildman–Crippen LogP) is 0.145. The highest BCUT2D eigenvalue weighted by atomic mass is 15.3. The number of rotatable bonds is 6. The van der Waals surface area contributed by atoms with Crippen LogP contribution in [0.15, 0.2) is 6.20 Å². The third-order valence-corrected chi connectivity index (χ3v) is 3.37. The first-order valence-corrected chi connectivity index (χ1v) is 6.40. The summed E-state index contributed by atoms with van der Waals surface area (Å²) in [4.78, 5) is 10.9. The summed E-state index contributed by atoms with van der Waals surface area (Å²) in [5.74, 6) is 6.47. The normalized spacial score (nSPS) is 15.1. The van der Waals surface area contributed by atoms with Crippen molar-refractivity contribution in [1.29, 1.82) is 0 Å². The molecule has 0 bridgehead atoms.